The second kappa shape index (κ2) is 10.3. The van der Waals surface area contributed by atoms with Gasteiger partial charge < -0.3 is 15.0 Å². The lowest BCUT2D eigenvalue weighted by Gasteiger charge is -2.15. The Hall–Kier alpha value is -3.31. The summed E-state index contributed by atoms with van der Waals surface area (Å²) in [6.07, 6.45) is -1.03. The van der Waals surface area contributed by atoms with Crippen LogP contribution in [0.4, 0.5) is 5.69 Å². The van der Waals surface area contributed by atoms with Crippen LogP contribution in [0.1, 0.15) is 22.8 Å². The minimum Gasteiger partial charge on any atom is -0.449 e. The van der Waals surface area contributed by atoms with Crippen LogP contribution >= 0.6 is 11.8 Å². The highest BCUT2D eigenvalue weighted by Crippen LogP contribution is 2.24. The number of thioether (sulfide) groups is 1. The smallest absolute Gasteiger partial charge is 0.340 e. The molecule has 0 unspecified atom stereocenters. The molecule has 0 heterocycles. The fraction of sp³-hybridized carbons (Fsp3) is 0.238. The second-order valence-electron chi connectivity index (χ2n) is 6.30. The summed E-state index contributed by atoms with van der Waals surface area (Å²) in [6.45, 7) is 1.47. The van der Waals surface area contributed by atoms with Gasteiger partial charge in [-0.15, -0.1) is 11.8 Å². The van der Waals surface area contributed by atoms with Crippen molar-refractivity contribution in [3.05, 3.63) is 59.7 Å². The Balaban J connectivity index is 2.00. The number of ether oxygens (including phenoxy) is 1. The van der Waals surface area contributed by atoms with Gasteiger partial charge in [0, 0.05) is 24.7 Å². The predicted octanol–water partition coefficient (Wildman–Crippen LogP) is 2.92. The summed E-state index contributed by atoms with van der Waals surface area (Å²) in [4.78, 5) is 38.7. The van der Waals surface area contributed by atoms with E-state index in [-0.39, 0.29) is 11.7 Å². The minimum absolute atomic E-state index is 0.0756. The Kier molecular flexibility index (Phi) is 7.80. The van der Waals surface area contributed by atoms with Crippen molar-refractivity contribution in [3.63, 3.8) is 0 Å². The molecular weight excluding hydrogens is 390 g/mol. The van der Waals surface area contributed by atoms with Crippen molar-refractivity contribution < 1.29 is 19.1 Å². The van der Waals surface area contributed by atoms with E-state index in [4.69, 9.17) is 10.00 Å². The summed E-state index contributed by atoms with van der Waals surface area (Å²) in [7, 11) is 3.33. The Morgan fingerprint density at radius 2 is 1.79 bits per heavy atom. The Labute approximate surface area is 173 Å². The van der Waals surface area contributed by atoms with E-state index in [0.717, 1.165) is 0 Å². The quantitative estimate of drug-likeness (QED) is 0.555. The first kappa shape index (κ1) is 22.0. The molecule has 0 saturated carbocycles. The molecule has 0 aliphatic rings. The van der Waals surface area contributed by atoms with Crippen LogP contribution in [0.3, 0.4) is 0 Å². The first-order valence-electron chi connectivity index (χ1n) is 8.75. The molecule has 29 heavy (non-hydrogen) atoms. The zero-order valence-corrected chi connectivity index (χ0v) is 17.2. The van der Waals surface area contributed by atoms with E-state index >= 15 is 0 Å². The number of benzene rings is 2. The van der Waals surface area contributed by atoms with Crippen molar-refractivity contribution in [2.45, 2.75) is 17.9 Å². The molecule has 2 aromatic carbocycles. The van der Waals surface area contributed by atoms with Gasteiger partial charge in [0.2, 0.25) is 5.91 Å². The van der Waals surface area contributed by atoms with Gasteiger partial charge in [0.05, 0.1) is 22.9 Å². The maximum absolute atomic E-state index is 12.5. The first-order chi connectivity index (χ1) is 13.8. The van der Waals surface area contributed by atoms with Gasteiger partial charge in [-0.25, -0.2) is 4.79 Å². The van der Waals surface area contributed by atoms with E-state index in [1.165, 1.54) is 23.6 Å². The van der Waals surface area contributed by atoms with Crippen LogP contribution in [0.5, 0.6) is 0 Å². The monoisotopic (exact) mass is 411 g/mol. The van der Waals surface area contributed by atoms with Gasteiger partial charge in [0.15, 0.2) is 6.10 Å². The second-order valence-corrected chi connectivity index (χ2v) is 7.32. The summed E-state index contributed by atoms with van der Waals surface area (Å²) in [5.41, 5.74) is 1.27. The number of carbonyl (C=O) groups excluding carboxylic acids is 3. The molecule has 2 amide bonds. The molecule has 2 aromatic rings. The van der Waals surface area contributed by atoms with Crippen LogP contribution in [-0.2, 0) is 14.3 Å². The number of hydrogen-bond acceptors (Lipinski definition) is 6. The average Bonchev–Trinajstić information content (AvgIpc) is 2.72. The number of anilines is 1. The molecule has 0 bridgehead atoms. The van der Waals surface area contributed by atoms with E-state index in [2.05, 4.69) is 5.32 Å². The third-order valence-corrected chi connectivity index (χ3v) is 4.95. The third kappa shape index (κ3) is 6.36. The number of nitriles is 1. The van der Waals surface area contributed by atoms with Crippen molar-refractivity contribution in [2.75, 3.05) is 25.2 Å². The van der Waals surface area contributed by atoms with E-state index in [0.29, 0.717) is 21.7 Å². The van der Waals surface area contributed by atoms with Gasteiger partial charge >= 0.3 is 5.97 Å². The van der Waals surface area contributed by atoms with Crippen LogP contribution < -0.4 is 5.32 Å². The zero-order valence-electron chi connectivity index (χ0n) is 16.3. The predicted molar refractivity (Wildman–Crippen MR) is 111 cm³/mol. The molecule has 1 atom stereocenters. The van der Waals surface area contributed by atoms with Crippen LogP contribution in [-0.4, -0.2) is 48.6 Å². The number of nitrogens with zero attached hydrogens (tertiary/aromatic N) is 2. The van der Waals surface area contributed by atoms with E-state index < -0.39 is 18.0 Å². The van der Waals surface area contributed by atoms with Crippen molar-refractivity contribution in [1.29, 1.82) is 5.26 Å². The zero-order chi connectivity index (χ0) is 21.4. The molecule has 0 aliphatic carbocycles. The van der Waals surface area contributed by atoms with Crippen molar-refractivity contribution in [1.82, 2.24) is 4.90 Å². The number of amides is 2. The highest BCUT2D eigenvalue weighted by molar-refractivity contribution is 8.00. The summed E-state index contributed by atoms with van der Waals surface area (Å²) in [6, 6.07) is 15.1. The molecule has 150 valence electrons. The van der Waals surface area contributed by atoms with Crippen LogP contribution in [0.25, 0.3) is 0 Å². The lowest BCUT2D eigenvalue weighted by Crippen LogP contribution is -2.30. The lowest BCUT2D eigenvalue weighted by atomic mass is 10.2. The van der Waals surface area contributed by atoms with Gasteiger partial charge in [-0.3, -0.25) is 9.59 Å². The topological polar surface area (TPSA) is 99.5 Å². The Morgan fingerprint density at radius 3 is 2.41 bits per heavy atom. The first-order valence-corrected chi connectivity index (χ1v) is 9.74. The largest absolute Gasteiger partial charge is 0.449 e. The molecule has 0 aromatic heterocycles. The van der Waals surface area contributed by atoms with Crippen molar-refractivity contribution >= 4 is 35.2 Å². The highest BCUT2D eigenvalue weighted by Gasteiger charge is 2.21. The molecular formula is C21H21N3O4S. The maximum atomic E-state index is 12.5. The maximum Gasteiger partial charge on any atom is 0.340 e. The number of nitrogens with one attached hydrogen (secondary N) is 1. The van der Waals surface area contributed by atoms with Crippen molar-refractivity contribution in [2.24, 2.45) is 0 Å². The van der Waals surface area contributed by atoms with Crippen LogP contribution in [0.2, 0.25) is 0 Å². The molecule has 0 spiro atoms. The van der Waals surface area contributed by atoms with Gasteiger partial charge in [0.1, 0.15) is 0 Å². The summed E-state index contributed by atoms with van der Waals surface area (Å²) >= 11 is 1.23. The number of esters is 1. The van der Waals surface area contributed by atoms with Gasteiger partial charge in [0.25, 0.3) is 5.91 Å². The van der Waals surface area contributed by atoms with E-state index in [1.54, 1.807) is 62.6 Å². The number of hydrogen-bond donors (Lipinski definition) is 1. The Morgan fingerprint density at radius 1 is 1.14 bits per heavy atom. The molecule has 0 saturated heterocycles. The average molecular weight is 411 g/mol. The summed E-state index contributed by atoms with van der Waals surface area (Å²) < 4.78 is 5.30. The fourth-order valence-corrected chi connectivity index (χ4v) is 3.20. The minimum atomic E-state index is -1.03. The van der Waals surface area contributed by atoms with Crippen molar-refractivity contribution in [3.8, 4) is 6.07 Å². The molecule has 7 nitrogen and oxygen atoms in total. The lowest BCUT2D eigenvalue weighted by molar-refractivity contribution is -0.126. The molecule has 0 fully saturated rings. The van der Waals surface area contributed by atoms with Crippen LogP contribution in [0, 0.1) is 11.3 Å². The third-order valence-electron chi connectivity index (χ3n) is 3.89. The Bertz CT molecular complexity index is 936. The molecule has 2 rings (SSSR count). The number of rotatable bonds is 7. The van der Waals surface area contributed by atoms with Gasteiger partial charge in [-0.05, 0) is 43.3 Å². The SMILES string of the molecule is C[C@H](OC(=O)c1ccccc1SCC(=O)N(C)C)C(=O)Nc1ccc(C#N)cc1. The molecule has 8 heteroatoms. The van der Waals surface area contributed by atoms with Crippen LogP contribution in [0.15, 0.2) is 53.4 Å². The molecule has 0 aliphatic heterocycles. The van der Waals surface area contributed by atoms with Gasteiger partial charge in [-0.1, -0.05) is 12.1 Å². The summed E-state index contributed by atoms with van der Waals surface area (Å²) in [5, 5.41) is 11.4. The standard InChI is InChI=1S/C21H21N3O4S/c1-14(20(26)23-16-10-8-15(12-22)9-11-16)28-21(27)17-6-4-5-7-18(17)29-13-19(25)24(2)3/h4-11,14H,13H2,1-3H3,(H,23,26)/t14-/m0/s1. The van der Waals surface area contributed by atoms with Gasteiger partial charge in [-0.2, -0.15) is 5.26 Å². The van der Waals surface area contributed by atoms with E-state index in [1.807, 2.05) is 6.07 Å². The molecule has 0 radical (unpaired) electrons. The highest BCUT2D eigenvalue weighted by atomic mass is 32.2. The number of carbonyl (C=O) groups is 3. The fourth-order valence-electron chi connectivity index (χ4n) is 2.18. The normalized spacial score (nSPS) is 11.1. The molecule has 1 N–H and O–H groups in total. The van der Waals surface area contributed by atoms with E-state index in [9.17, 15) is 14.4 Å². The summed E-state index contributed by atoms with van der Waals surface area (Å²) in [5.74, 6) is -1.02.